The molecule has 17 heavy (non-hydrogen) atoms. The van der Waals surface area contributed by atoms with Gasteiger partial charge in [0.1, 0.15) is 18.2 Å². The van der Waals surface area contributed by atoms with Crippen molar-refractivity contribution in [1.82, 2.24) is 5.32 Å². The van der Waals surface area contributed by atoms with Gasteiger partial charge in [-0.25, -0.2) is 4.39 Å². The van der Waals surface area contributed by atoms with E-state index in [1.165, 1.54) is 6.07 Å². The van der Waals surface area contributed by atoms with Crippen molar-refractivity contribution < 1.29 is 22.3 Å². The van der Waals surface area contributed by atoms with Crippen molar-refractivity contribution in [2.24, 2.45) is 0 Å². The molecule has 1 rings (SSSR count). The van der Waals surface area contributed by atoms with Crippen LogP contribution in [0.15, 0.2) is 18.2 Å². The van der Waals surface area contributed by atoms with E-state index in [9.17, 15) is 17.6 Å². The van der Waals surface area contributed by atoms with Gasteiger partial charge in [-0.05, 0) is 24.7 Å². The minimum absolute atomic E-state index is 0.0108. The first-order valence-corrected chi connectivity index (χ1v) is 5.15. The summed E-state index contributed by atoms with van der Waals surface area (Å²) >= 11 is 0. The fraction of sp³-hybridized carbons (Fsp3) is 0.455. The van der Waals surface area contributed by atoms with Crippen LogP contribution in [0.1, 0.15) is 12.5 Å². The highest BCUT2D eigenvalue weighted by molar-refractivity contribution is 5.31. The molecule has 0 aliphatic carbocycles. The molecule has 0 saturated heterocycles. The molecule has 1 aromatic carbocycles. The highest BCUT2D eigenvalue weighted by Gasteiger charge is 2.34. The predicted molar refractivity (Wildman–Crippen MR) is 55.4 cm³/mol. The van der Waals surface area contributed by atoms with Gasteiger partial charge in [0.15, 0.2) is 0 Å². The van der Waals surface area contributed by atoms with Gasteiger partial charge in [0.05, 0.1) is 5.56 Å². The number of likely N-dealkylation sites (N-methyl/N-ethyl adjacent to an activating group) is 1. The van der Waals surface area contributed by atoms with Crippen LogP contribution in [-0.4, -0.2) is 19.7 Å². The van der Waals surface area contributed by atoms with Crippen LogP contribution in [0, 0.1) is 5.82 Å². The second-order valence-corrected chi connectivity index (χ2v) is 3.34. The van der Waals surface area contributed by atoms with Crippen molar-refractivity contribution >= 4 is 0 Å². The van der Waals surface area contributed by atoms with Crippen LogP contribution in [0.5, 0.6) is 5.75 Å². The van der Waals surface area contributed by atoms with Crippen molar-refractivity contribution in [3.05, 3.63) is 29.6 Å². The van der Waals surface area contributed by atoms with E-state index in [4.69, 9.17) is 4.74 Å². The highest BCUT2D eigenvalue weighted by Crippen LogP contribution is 2.33. The van der Waals surface area contributed by atoms with Gasteiger partial charge in [-0.1, -0.05) is 6.92 Å². The van der Waals surface area contributed by atoms with Crippen LogP contribution in [-0.2, 0) is 6.18 Å². The average molecular weight is 251 g/mol. The Hall–Kier alpha value is -1.30. The molecule has 0 aliphatic heterocycles. The Morgan fingerprint density at radius 1 is 1.29 bits per heavy atom. The first-order valence-electron chi connectivity index (χ1n) is 5.15. The lowest BCUT2D eigenvalue weighted by Gasteiger charge is -2.11. The van der Waals surface area contributed by atoms with Crippen molar-refractivity contribution in [2.45, 2.75) is 13.1 Å². The molecule has 0 amide bonds. The molecule has 0 aromatic heterocycles. The number of rotatable bonds is 5. The topological polar surface area (TPSA) is 21.3 Å². The number of nitrogens with one attached hydrogen (secondary N) is 1. The van der Waals surface area contributed by atoms with Crippen LogP contribution in [0.2, 0.25) is 0 Å². The van der Waals surface area contributed by atoms with Gasteiger partial charge < -0.3 is 10.1 Å². The molecule has 0 saturated carbocycles. The van der Waals surface area contributed by atoms with Crippen molar-refractivity contribution in [3.8, 4) is 5.75 Å². The quantitative estimate of drug-likeness (QED) is 0.641. The maximum atomic E-state index is 12.9. The highest BCUT2D eigenvalue weighted by atomic mass is 19.4. The Labute approximate surface area is 96.6 Å². The van der Waals surface area contributed by atoms with Gasteiger partial charge in [0.25, 0.3) is 0 Å². The smallest absolute Gasteiger partial charge is 0.419 e. The SMILES string of the molecule is CCNCCOc1ccc(F)c(C(F)(F)F)c1. The predicted octanol–water partition coefficient (Wildman–Crippen LogP) is 2.83. The number of hydrogen-bond donors (Lipinski definition) is 1. The third-order valence-electron chi connectivity index (χ3n) is 2.04. The largest absolute Gasteiger partial charge is 0.492 e. The summed E-state index contributed by atoms with van der Waals surface area (Å²) in [5.74, 6) is -1.28. The second kappa shape index (κ2) is 5.86. The first kappa shape index (κ1) is 13.8. The van der Waals surface area contributed by atoms with Gasteiger partial charge in [0, 0.05) is 6.54 Å². The molecule has 6 heteroatoms. The van der Waals surface area contributed by atoms with Crippen LogP contribution in [0.4, 0.5) is 17.6 Å². The van der Waals surface area contributed by atoms with Crippen molar-refractivity contribution in [2.75, 3.05) is 19.7 Å². The molecule has 0 heterocycles. The maximum Gasteiger partial charge on any atom is 0.419 e. The Morgan fingerprint density at radius 2 is 2.00 bits per heavy atom. The van der Waals surface area contributed by atoms with Crippen LogP contribution < -0.4 is 10.1 Å². The van der Waals surface area contributed by atoms with Gasteiger partial charge in [-0.15, -0.1) is 0 Å². The molecular weight excluding hydrogens is 238 g/mol. The Morgan fingerprint density at radius 3 is 2.59 bits per heavy atom. The zero-order valence-corrected chi connectivity index (χ0v) is 9.27. The third kappa shape index (κ3) is 4.22. The van der Waals surface area contributed by atoms with Crippen molar-refractivity contribution in [1.29, 1.82) is 0 Å². The fourth-order valence-corrected chi connectivity index (χ4v) is 1.23. The standard InChI is InChI=1S/C11H13F4NO/c1-2-16-5-6-17-8-3-4-10(12)9(7-8)11(13,14)15/h3-4,7,16H,2,5-6H2,1H3. The maximum absolute atomic E-state index is 12.9. The van der Waals surface area contributed by atoms with Gasteiger partial charge in [-0.2, -0.15) is 13.2 Å². The van der Waals surface area contributed by atoms with E-state index in [1.807, 2.05) is 6.92 Å². The average Bonchev–Trinajstić information content (AvgIpc) is 2.25. The lowest BCUT2D eigenvalue weighted by molar-refractivity contribution is -0.140. The minimum atomic E-state index is -4.70. The molecule has 0 bridgehead atoms. The Balaban J connectivity index is 2.69. The number of halogens is 4. The van der Waals surface area contributed by atoms with E-state index < -0.39 is 17.6 Å². The van der Waals surface area contributed by atoms with Crippen LogP contribution >= 0.6 is 0 Å². The number of benzene rings is 1. The van der Waals surface area contributed by atoms with E-state index in [0.29, 0.717) is 12.6 Å². The summed E-state index contributed by atoms with van der Waals surface area (Å²) in [6, 6.07) is 2.60. The molecule has 0 unspecified atom stereocenters. The number of ether oxygens (including phenoxy) is 1. The van der Waals surface area contributed by atoms with E-state index >= 15 is 0 Å². The van der Waals surface area contributed by atoms with Gasteiger partial charge in [0.2, 0.25) is 0 Å². The summed E-state index contributed by atoms with van der Waals surface area (Å²) in [6.45, 7) is 3.41. The zero-order chi connectivity index (χ0) is 12.9. The molecule has 1 N–H and O–H groups in total. The number of alkyl halides is 3. The summed E-state index contributed by atoms with van der Waals surface area (Å²) < 4.78 is 55.1. The Bertz CT molecular complexity index is 365. The van der Waals surface area contributed by atoms with E-state index in [2.05, 4.69) is 5.32 Å². The van der Waals surface area contributed by atoms with Gasteiger partial charge in [-0.3, -0.25) is 0 Å². The summed E-state index contributed by atoms with van der Waals surface area (Å²) in [4.78, 5) is 0. The molecule has 0 radical (unpaired) electrons. The molecule has 0 spiro atoms. The number of hydrogen-bond acceptors (Lipinski definition) is 2. The van der Waals surface area contributed by atoms with E-state index in [0.717, 1.165) is 12.6 Å². The normalized spacial score (nSPS) is 11.6. The Kier molecular flexibility index (Phi) is 4.74. The summed E-state index contributed by atoms with van der Waals surface area (Å²) in [5, 5.41) is 2.95. The van der Waals surface area contributed by atoms with Gasteiger partial charge >= 0.3 is 6.18 Å². The third-order valence-corrected chi connectivity index (χ3v) is 2.04. The van der Waals surface area contributed by atoms with E-state index in [1.54, 1.807) is 0 Å². The molecule has 0 aliphatic rings. The minimum Gasteiger partial charge on any atom is -0.492 e. The molecule has 2 nitrogen and oxygen atoms in total. The van der Waals surface area contributed by atoms with Crippen LogP contribution in [0.25, 0.3) is 0 Å². The lowest BCUT2D eigenvalue weighted by atomic mass is 10.2. The van der Waals surface area contributed by atoms with Crippen molar-refractivity contribution in [3.63, 3.8) is 0 Å². The molecule has 1 aromatic rings. The summed E-state index contributed by atoms with van der Waals surface area (Å²) in [6.07, 6.45) is -4.70. The monoisotopic (exact) mass is 251 g/mol. The zero-order valence-electron chi connectivity index (χ0n) is 9.27. The fourth-order valence-electron chi connectivity index (χ4n) is 1.23. The summed E-state index contributed by atoms with van der Waals surface area (Å²) in [7, 11) is 0. The molecule has 96 valence electrons. The second-order valence-electron chi connectivity index (χ2n) is 3.34. The van der Waals surface area contributed by atoms with E-state index in [-0.39, 0.29) is 12.4 Å². The lowest BCUT2D eigenvalue weighted by Crippen LogP contribution is -2.20. The molecule has 0 fully saturated rings. The first-order chi connectivity index (χ1) is 7.95. The summed E-state index contributed by atoms with van der Waals surface area (Å²) in [5.41, 5.74) is -1.31. The van der Waals surface area contributed by atoms with Crippen LogP contribution in [0.3, 0.4) is 0 Å². The molecule has 0 atom stereocenters. The molecular formula is C11H13F4NO.